The van der Waals surface area contributed by atoms with Crippen molar-refractivity contribution in [3.8, 4) is 11.5 Å². The summed E-state index contributed by atoms with van der Waals surface area (Å²) in [6.07, 6.45) is 2.08. The summed E-state index contributed by atoms with van der Waals surface area (Å²) in [5.74, 6) is 1.30. The van der Waals surface area contributed by atoms with E-state index >= 15 is 0 Å². The minimum absolute atomic E-state index is 0.0855. The van der Waals surface area contributed by atoms with Crippen molar-refractivity contribution in [2.45, 2.75) is 16.8 Å². The quantitative estimate of drug-likeness (QED) is 0.924. The predicted molar refractivity (Wildman–Crippen MR) is 73.6 cm³/mol. The number of hydrogen-bond acceptors (Lipinski definition) is 6. The first kappa shape index (κ1) is 13.0. The molecule has 20 heavy (non-hydrogen) atoms. The molecule has 7 heteroatoms. The van der Waals surface area contributed by atoms with E-state index in [2.05, 4.69) is 15.2 Å². The number of carbonyl (C=O) groups is 1. The molecule has 0 spiro atoms. The predicted octanol–water partition coefficient (Wildman–Crippen LogP) is 1.72. The first-order valence-corrected chi connectivity index (χ1v) is 6.92. The van der Waals surface area contributed by atoms with Crippen LogP contribution in [-0.4, -0.2) is 40.4 Å². The number of carbonyl (C=O) groups excluding carboxylic acids is 1. The molecule has 0 saturated carbocycles. The molecule has 1 aliphatic carbocycles. The maximum absolute atomic E-state index is 12.4. The summed E-state index contributed by atoms with van der Waals surface area (Å²) in [5.41, 5.74) is 1.67. The van der Waals surface area contributed by atoms with Gasteiger partial charge in [-0.3, -0.25) is 9.89 Å². The van der Waals surface area contributed by atoms with Crippen molar-refractivity contribution in [2.24, 2.45) is 0 Å². The van der Waals surface area contributed by atoms with Gasteiger partial charge >= 0.3 is 0 Å². The number of thioether (sulfide) groups is 1. The summed E-state index contributed by atoms with van der Waals surface area (Å²) in [6.45, 7) is 0. The van der Waals surface area contributed by atoms with E-state index in [1.54, 1.807) is 20.3 Å². The fourth-order valence-corrected chi connectivity index (χ4v) is 3.25. The SMILES string of the molecule is COc1cc2c(cc1OC)C(=O)[C@@H](Sc1ncn[nH]1)C2. The van der Waals surface area contributed by atoms with Crippen molar-refractivity contribution >= 4 is 17.5 Å². The van der Waals surface area contributed by atoms with E-state index in [1.807, 2.05) is 6.07 Å². The standard InChI is InChI=1S/C13H13N3O3S/c1-18-9-3-7-4-11(20-13-14-6-15-16-13)12(17)8(7)5-10(9)19-2/h3,5-6,11H,4H2,1-2H3,(H,14,15,16)/t11-/m0/s1. The van der Waals surface area contributed by atoms with E-state index in [0.29, 0.717) is 28.6 Å². The lowest BCUT2D eigenvalue weighted by molar-refractivity contribution is 0.1000. The lowest BCUT2D eigenvalue weighted by atomic mass is 10.1. The number of nitrogens with one attached hydrogen (secondary N) is 1. The van der Waals surface area contributed by atoms with E-state index in [1.165, 1.54) is 18.1 Å². The number of methoxy groups -OCH3 is 2. The van der Waals surface area contributed by atoms with E-state index < -0.39 is 0 Å². The molecule has 6 nitrogen and oxygen atoms in total. The molecule has 0 radical (unpaired) electrons. The molecule has 0 bridgehead atoms. The van der Waals surface area contributed by atoms with Gasteiger partial charge in [0.2, 0.25) is 0 Å². The van der Waals surface area contributed by atoms with Crippen LogP contribution in [0, 0.1) is 0 Å². The van der Waals surface area contributed by atoms with Crippen molar-refractivity contribution in [1.29, 1.82) is 0 Å². The van der Waals surface area contributed by atoms with Gasteiger partial charge in [-0.25, -0.2) is 4.98 Å². The summed E-state index contributed by atoms with van der Waals surface area (Å²) in [6, 6.07) is 3.62. The molecule has 0 fully saturated rings. The van der Waals surface area contributed by atoms with Gasteiger partial charge in [0.05, 0.1) is 19.5 Å². The minimum atomic E-state index is -0.185. The van der Waals surface area contributed by atoms with Crippen LogP contribution in [0.4, 0.5) is 0 Å². The number of rotatable bonds is 4. The average Bonchev–Trinajstić information content (AvgIpc) is 3.07. The van der Waals surface area contributed by atoms with Gasteiger partial charge in [0, 0.05) is 5.56 Å². The minimum Gasteiger partial charge on any atom is -0.493 e. The molecule has 1 N–H and O–H groups in total. The topological polar surface area (TPSA) is 77.1 Å². The highest BCUT2D eigenvalue weighted by Crippen LogP contribution is 2.38. The normalized spacial score (nSPS) is 17.1. The number of H-pyrrole nitrogens is 1. The van der Waals surface area contributed by atoms with Gasteiger partial charge in [-0.2, -0.15) is 5.10 Å². The van der Waals surface area contributed by atoms with Gasteiger partial charge in [-0.05, 0) is 24.1 Å². The smallest absolute Gasteiger partial charge is 0.184 e. The molecule has 2 aromatic rings. The van der Waals surface area contributed by atoms with Crippen LogP contribution in [0.3, 0.4) is 0 Å². The highest BCUT2D eigenvalue weighted by Gasteiger charge is 2.33. The van der Waals surface area contributed by atoms with E-state index in [0.717, 1.165) is 5.56 Å². The summed E-state index contributed by atoms with van der Waals surface area (Å²) in [5, 5.41) is 7.00. The van der Waals surface area contributed by atoms with Crippen LogP contribution < -0.4 is 9.47 Å². The second-order valence-electron chi connectivity index (χ2n) is 4.33. The van der Waals surface area contributed by atoms with Gasteiger partial charge in [0.25, 0.3) is 0 Å². The van der Waals surface area contributed by atoms with Gasteiger partial charge in [0.15, 0.2) is 22.4 Å². The molecule has 1 atom stereocenters. The van der Waals surface area contributed by atoms with Gasteiger partial charge in [-0.15, -0.1) is 0 Å². The van der Waals surface area contributed by atoms with E-state index in [4.69, 9.17) is 9.47 Å². The number of Topliss-reactive ketones (excluding diaryl/α,β-unsaturated/α-hetero) is 1. The maximum atomic E-state index is 12.4. The Morgan fingerprint density at radius 2 is 2.05 bits per heavy atom. The molecular weight excluding hydrogens is 278 g/mol. The molecule has 1 heterocycles. The zero-order valence-corrected chi connectivity index (χ0v) is 11.9. The monoisotopic (exact) mass is 291 g/mol. The molecule has 0 unspecified atom stereocenters. The second-order valence-corrected chi connectivity index (χ2v) is 5.52. The van der Waals surface area contributed by atoms with E-state index in [9.17, 15) is 4.79 Å². The summed E-state index contributed by atoms with van der Waals surface area (Å²) in [4.78, 5) is 16.5. The lowest BCUT2D eigenvalue weighted by Gasteiger charge is -2.09. The van der Waals surface area contributed by atoms with Crippen molar-refractivity contribution in [2.75, 3.05) is 14.2 Å². The van der Waals surface area contributed by atoms with Crippen LogP contribution >= 0.6 is 11.8 Å². The Morgan fingerprint density at radius 1 is 1.30 bits per heavy atom. The van der Waals surface area contributed by atoms with Crippen LogP contribution in [0.2, 0.25) is 0 Å². The van der Waals surface area contributed by atoms with Gasteiger partial charge < -0.3 is 9.47 Å². The Kier molecular flexibility index (Phi) is 3.35. The number of aromatic amines is 1. The second kappa shape index (κ2) is 5.16. The first-order chi connectivity index (χ1) is 9.72. The van der Waals surface area contributed by atoms with Crippen LogP contribution in [0.15, 0.2) is 23.6 Å². The Balaban J connectivity index is 1.90. The first-order valence-electron chi connectivity index (χ1n) is 6.04. The Labute approximate surface area is 119 Å². The van der Waals surface area contributed by atoms with Crippen LogP contribution in [0.25, 0.3) is 0 Å². The van der Waals surface area contributed by atoms with Gasteiger partial charge in [0.1, 0.15) is 6.33 Å². The molecule has 1 aromatic carbocycles. The zero-order valence-electron chi connectivity index (χ0n) is 11.0. The molecule has 0 amide bonds. The van der Waals surface area contributed by atoms with Crippen molar-refractivity contribution in [3.05, 3.63) is 29.6 Å². The third-order valence-corrected chi connectivity index (χ3v) is 4.30. The number of benzene rings is 1. The number of aromatic nitrogens is 3. The fraction of sp³-hybridized carbons (Fsp3) is 0.308. The molecule has 0 saturated heterocycles. The average molecular weight is 291 g/mol. The fourth-order valence-electron chi connectivity index (χ4n) is 2.27. The Hall–Kier alpha value is -2.02. The van der Waals surface area contributed by atoms with Crippen LogP contribution in [0.5, 0.6) is 11.5 Å². The van der Waals surface area contributed by atoms with Crippen LogP contribution in [-0.2, 0) is 6.42 Å². The van der Waals surface area contributed by atoms with Crippen molar-refractivity contribution in [1.82, 2.24) is 15.2 Å². The Morgan fingerprint density at radius 3 is 2.70 bits per heavy atom. The number of hydrogen-bond donors (Lipinski definition) is 1. The molecule has 1 aliphatic rings. The highest BCUT2D eigenvalue weighted by atomic mass is 32.2. The molecule has 1 aromatic heterocycles. The van der Waals surface area contributed by atoms with Crippen molar-refractivity contribution in [3.63, 3.8) is 0 Å². The third-order valence-electron chi connectivity index (χ3n) is 3.22. The number of nitrogens with zero attached hydrogens (tertiary/aromatic N) is 2. The number of fused-ring (bicyclic) bond motifs is 1. The number of ketones is 1. The summed E-state index contributed by atoms with van der Waals surface area (Å²) >= 11 is 1.39. The van der Waals surface area contributed by atoms with E-state index in [-0.39, 0.29) is 11.0 Å². The van der Waals surface area contributed by atoms with Crippen LogP contribution in [0.1, 0.15) is 15.9 Å². The molecular formula is C13H13N3O3S. The molecule has 3 rings (SSSR count). The Bertz CT molecular complexity index is 643. The zero-order chi connectivity index (χ0) is 14.1. The molecule has 104 valence electrons. The summed E-state index contributed by atoms with van der Waals surface area (Å²) < 4.78 is 10.5. The van der Waals surface area contributed by atoms with Crippen molar-refractivity contribution < 1.29 is 14.3 Å². The number of ether oxygens (including phenoxy) is 2. The highest BCUT2D eigenvalue weighted by molar-refractivity contribution is 8.00. The summed E-state index contributed by atoms with van der Waals surface area (Å²) in [7, 11) is 3.15. The largest absolute Gasteiger partial charge is 0.493 e. The maximum Gasteiger partial charge on any atom is 0.184 e. The third kappa shape index (κ3) is 2.14. The lowest BCUT2D eigenvalue weighted by Crippen LogP contribution is -2.11. The van der Waals surface area contributed by atoms with Gasteiger partial charge in [-0.1, -0.05) is 11.8 Å². The molecule has 0 aliphatic heterocycles.